The molecule has 0 spiro atoms. The summed E-state index contributed by atoms with van der Waals surface area (Å²) in [6.45, 7) is 4.21. The summed E-state index contributed by atoms with van der Waals surface area (Å²) in [5.41, 5.74) is 0. The van der Waals surface area contributed by atoms with Gasteiger partial charge in [-0.05, 0) is 13.3 Å². The van der Waals surface area contributed by atoms with E-state index >= 15 is 0 Å². The van der Waals surface area contributed by atoms with Gasteiger partial charge < -0.3 is 4.90 Å². The van der Waals surface area contributed by atoms with Crippen LogP contribution in [0.5, 0.6) is 0 Å². The number of rotatable bonds is 6. The van der Waals surface area contributed by atoms with Crippen LogP contribution in [0.25, 0.3) is 0 Å². The lowest BCUT2D eigenvalue weighted by molar-refractivity contribution is -0.121. The Kier molecular flexibility index (Phi) is 6.45. The van der Waals surface area contributed by atoms with Crippen LogP contribution in [0.1, 0.15) is 26.7 Å². The third kappa shape index (κ3) is 5.35. The van der Waals surface area contributed by atoms with Crippen LogP contribution in [0.4, 0.5) is 0 Å². The zero-order valence-corrected chi connectivity index (χ0v) is 8.99. The number of nitrogens with one attached hydrogen (secondary N) is 1. The fourth-order valence-corrected chi connectivity index (χ4v) is 1.06. The van der Waals surface area contributed by atoms with Crippen molar-refractivity contribution < 1.29 is 9.59 Å². The van der Waals surface area contributed by atoms with Gasteiger partial charge in [-0.3, -0.25) is 14.9 Å². The van der Waals surface area contributed by atoms with E-state index < -0.39 is 5.91 Å². The molecule has 0 saturated heterocycles. The minimum absolute atomic E-state index is 0.377. The molecule has 0 aromatic carbocycles. The summed E-state index contributed by atoms with van der Waals surface area (Å²) in [5, 5.41) is 2.04. The van der Waals surface area contributed by atoms with E-state index in [1.165, 1.54) is 6.08 Å². The Balaban J connectivity index is 3.96. The van der Waals surface area contributed by atoms with Crippen LogP contribution in [0.2, 0.25) is 0 Å². The monoisotopic (exact) mass is 198 g/mol. The Hall–Kier alpha value is -1.32. The molecule has 0 radical (unpaired) electrons. The highest BCUT2D eigenvalue weighted by molar-refractivity contribution is 5.94. The molecule has 0 rings (SSSR count). The molecule has 80 valence electrons. The van der Waals surface area contributed by atoms with Crippen molar-refractivity contribution in [2.24, 2.45) is 0 Å². The average molecular weight is 198 g/mol. The van der Waals surface area contributed by atoms with Gasteiger partial charge in [0.15, 0.2) is 0 Å². The smallest absolute Gasteiger partial charge is 0.251 e. The fraction of sp³-hybridized carbons (Fsp3) is 0.600. The van der Waals surface area contributed by atoms with Gasteiger partial charge in [-0.25, -0.2) is 0 Å². The van der Waals surface area contributed by atoms with E-state index in [-0.39, 0.29) is 0 Å². The first-order valence-electron chi connectivity index (χ1n) is 4.76. The third-order valence-corrected chi connectivity index (χ3v) is 2.06. The number of nitrogens with zero attached hydrogens (tertiary/aromatic N) is 1. The predicted molar refractivity (Wildman–Crippen MR) is 55.5 cm³/mol. The Morgan fingerprint density at radius 3 is 2.71 bits per heavy atom. The van der Waals surface area contributed by atoms with Gasteiger partial charge in [0.1, 0.15) is 0 Å². The summed E-state index contributed by atoms with van der Waals surface area (Å²) in [6, 6.07) is 0.403. The molecule has 0 aromatic rings. The van der Waals surface area contributed by atoms with Gasteiger partial charge in [0.25, 0.3) is 5.91 Å². The maximum atomic E-state index is 10.9. The molecule has 14 heavy (non-hydrogen) atoms. The van der Waals surface area contributed by atoms with Gasteiger partial charge in [-0.2, -0.15) is 0 Å². The van der Waals surface area contributed by atoms with E-state index in [0.29, 0.717) is 12.5 Å². The number of imide groups is 1. The van der Waals surface area contributed by atoms with Crippen LogP contribution in [-0.4, -0.2) is 30.3 Å². The Bertz CT molecular complexity index is 214. The molecular weight excluding hydrogens is 180 g/mol. The highest BCUT2D eigenvalue weighted by Gasteiger charge is 2.03. The van der Waals surface area contributed by atoms with Gasteiger partial charge in [0, 0.05) is 25.4 Å². The minimum Gasteiger partial charge on any atom is -0.378 e. The molecule has 0 aliphatic heterocycles. The highest BCUT2D eigenvalue weighted by Crippen LogP contribution is 2.03. The van der Waals surface area contributed by atoms with Crippen molar-refractivity contribution in [3.05, 3.63) is 12.3 Å². The molecule has 4 heteroatoms. The first-order chi connectivity index (χ1) is 6.61. The van der Waals surface area contributed by atoms with Crippen LogP contribution in [-0.2, 0) is 9.59 Å². The molecule has 1 N–H and O–H groups in total. The number of amides is 2. The van der Waals surface area contributed by atoms with E-state index in [2.05, 4.69) is 13.8 Å². The molecule has 0 heterocycles. The third-order valence-electron chi connectivity index (χ3n) is 2.06. The van der Waals surface area contributed by atoms with E-state index in [1.54, 1.807) is 6.20 Å². The van der Waals surface area contributed by atoms with Gasteiger partial charge in [0.05, 0.1) is 0 Å². The van der Waals surface area contributed by atoms with Crippen molar-refractivity contribution >= 4 is 12.3 Å². The molecule has 2 amide bonds. The van der Waals surface area contributed by atoms with Crippen LogP contribution in [0.3, 0.4) is 0 Å². The first-order valence-corrected chi connectivity index (χ1v) is 4.76. The van der Waals surface area contributed by atoms with Crippen LogP contribution in [0, 0.1) is 0 Å². The second kappa shape index (κ2) is 7.12. The van der Waals surface area contributed by atoms with Crippen molar-refractivity contribution in [2.75, 3.05) is 7.05 Å². The molecule has 0 saturated carbocycles. The first kappa shape index (κ1) is 12.7. The zero-order chi connectivity index (χ0) is 11.0. The number of hydrogen-bond acceptors (Lipinski definition) is 3. The molecule has 1 unspecified atom stereocenters. The van der Waals surface area contributed by atoms with Crippen molar-refractivity contribution in [3.8, 4) is 0 Å². The summed E-state index contributed by atoms with van der Waals surface area (Å²) in [6.07, 6.45) is 5.60. The summed E-state index contributed by atoms with van der Waals surface area (Å²) < 4.78 is 0. The Labute approximate surface area is 85.0 Å². The molecule has 1 atom stereocenters. The van der Waals surface area contributed by atoms with Crippen molar-refractivity contribution in [3.63, 3.8) is 0 Å². The van der Waals surface area contributed by atoms with E-state index in [1.807, 2.05) is 17.3 Å². The quantitative estimate of drug-likeness (QED) is 0.509. The van der Waals surface area contributed by atoms with Gasteiger partial charge in [-0.1, -0.05) is 13.3 Å². The van der Waals surface area contributed by atoms with E-state index in [9.17, 15) is 9.59 Å². The number of carbonyl (C=O) groups is 2. The van der Waals surface area contributed by atoms with Crippen molar-refractivity contribution in [1.29, 1.82) is 0 Å². The van der Waals surface area contributed by atoms with Gasteiger partial charge in [0.2, 0.25) is 6.41 Å². The standard InChI is InChI=1S/C10H18N2O2/c1-4-5-9(2)12(3)7-6-10(14)11-8-13/h6-9H,4-5H2,1-3H3,(H,11,13,14)/b7-6-. The minimum atomic E-state index is -0.393. The largest absolute Gasteiger partial charge is 0.378 e. The lowest BCUT2D eigenvalue weighted by atomic mass is 10.2. The van der Waals surface area contributed by atoms with Crippen molar-refractivity contribution in [1.82, 2.24) is 10.2 Å². The van der Waals surface area contributed by atoms with Gasteiger partial charge >= 0.3 is 0 Å². The SMILES string of the molecule is CCCC(C)N(C)/C=C\C(=O)NC=O. The number of carbonyl (C=O) groups excluding carboxylic acids is 2. The maximum Gasteiger partial charge on any atom is 0.251 e. The normalized spacial score (nSPS) is 12.5. The molecule has 0 aliphatic rings. The fourth-order valence-electron chi connectivity index (χ4n) is 1.06. The maximum absolute atomic E-state index is 10.9. The lowest BCUT2D eigenvalue weighted by Gasteiger charge is -2.22. The summed E-state index contributed by atoms with van der Waals surface area (Å²) in [7, 11) is 1.91. The van der Waals surface area contributed by atoms with E-state index in [4.69, 9.17) is 0 Å². The second-order valence-electron chi connectivity index (χ2n) is 3.25. The molecule has 4 nitrogen and oxygen atoms in total. The van der Waals surface area contributed by atoms with Crippen molar-refractivity contribution in [2.45, 2.75) is 32.7 Å². The zero-order valence-electron chi connectivity index (χ0n) is 8.99. The second-order valence-corrected chi connectivity index (χ2v) is 3.25. The van der Waals surface area contributed by atoms with Gasteiger partial charge in [-0.15, -0.1) is 0 Å². The Morgan fingerprint density at radius 1 is 1.57 bits per heavy atom. The predicted octanol–water partition coefficient (Wildman–Crippen LogP) is 0.893. The van der Waals surface area contributed by atoms with Crippen LogP contribution >= 0.6 is 0 Å². The molecular formula is C10H18N2O2. The Morgan fingerprint density at radius 2 is 2.21 bits per heavy atom. The molecule has 0 bridgehead atoms. The van der Waals surface area contributed by atoms with Crippen LogP contribution < -0.4 is 5.32 Å². The summed E-state index contributed by atoms with van der Waals surface area (Å²) in [4.78, 5) is 22.7. The highest BCUT2D eigenvalue weighted by atomic mass is 16.2. The molecule has 0 aromatic heterocycles. The molecule has 0 fully saturated rings. The summed E-state index contributed by atoms with van der Waals surface area (Å²) in [5.74, 6) is -0.393. The topological polar surface area (TPSA) is 49.4 Å². The lowest BCUT2D eigenvalue weighted by Crippen LogP contribution is -2.25. The molecule has 0 aliphatic carbocycles. The average Bonchev–Trinajstić information content (AvgIpc) is 2.15. The van der Waals surface area contributed by atoms with E-state index in [0.717, 1.165) is 12.8 Å². The van der Waals surface area contributed by atoms with Crippen LogP contribution in [0.15, 0.2) is 12.3 Å². The number of hydrogen-bond donors (Lipinski definition) is 1. The summed E-state index contributed by atoms with van der Waals surface area (Å²) >= 11 is 0.